The van der Waals surface area contributed by atoms with Crippen molar-refractivity contribution in [1.29, 1.82) is 0 Å². The van der Waals surface area contributed by atoms with E-state index < -0.39 is 41.5 Å². The highest BCUT2D eigenvalue weighted by atomic mass is 19.4. The molecule has 2 heterocycles. The van der Waals surface area contributed by atoms with Crippen LogP contribution in [0.4, 0.5) is 17.6 Å². The van der Waals surface area contributed by atoms with E-state index in [2.05, 4.69) is 10.1 Å². The minimum Gasteiger partial charge on any atom is -0.481 e. The minimum atomic E-state index is -4.51. The number of aromatic nitrogens is 3. The summed E-state index contributed by atoms with van der Waals surface area (Å²) >= 11 is 0. The molecule has 35 heavy (non-hydrogen) atoms. The molecule has 0 bridgehead atoms. The van der Waals surface area contributed by atoms with Gasteiger partial charge in [-0.15, -0.1) is 0 Å². The average molecular weight is 487 g/mol. The number of rotatable bonds is 6. The number of carboxylic acid groups (broad SMARTS) is 1. The Morgan fingerprint density at radius 1 is 1.11 bits per heavy atom. The Morgan fingerprint density at radius 2 is 1.80 bits per heavy atom. The molecule has 0 aliphatic carbocycles. The first-order valence-corrected chi connectivity index (χ1v) is 10.6. The first kappa shape index (κ1) is 24.3. The first-order valence-electron chi connectivity index (χ1n) is 10.6. The predicted molar refractivity (Wildman–Crippen MR) is 119 cm³/mol. The molecule has 2 atom stereocenters. The molecule has 2 aromatic carbocycles. The number of carbonyl (C=O) groups is 1. The van der Waals surface area contributed by atoms with Gasteiger partial charge in [-0.2, -0.15) is 18.3 Å². The second kappa shape index (κ2) is 8.77. The van der Waals surface area contributed by atoms with Crippen molar-refractivity contribution >= 4 is 11.6 Å². The molecule has 0 amide bonds. The molecule has 0 aliphatic heterocycles. The van der Waals surface area contributed by atoms with Crippen LogP contribution >= 0.6 is 0 Å². The number of hydrogen-bond acceptors (Lipinski definition) is 4. The Kier molecular flexibility index (Phi) is 6.10. The Balaban J connectivity index is 1.92. The number of alkyl halides is 3. The maximum atomic E-state index is 13.9. The van der Waals surface area contributed by atoms with Crippen molar-refractivity contribution < 1.29 is 32.6 Å². The number of halogens is 4. The molecule has 2 N–H and O–H groups in total. The highest BCUT2D eigenvalue weighted by molar-refractivity contribution is 5.84. The van der Waals surface area contributed by atoms with Crippen LogP contribution in [0, 0.1) is 5.82 Å². The molecule has 182 valence electrons. The normalized spacial score (nSPS) is 14.6. The fourth-order valence-electron chi connectivity index (χ4n) is 4.24. The Labute approximate surface area is 197 Å². The third kappa shape index (κ3) is 4.14. The van der Waals surface area contributed by atoms with Gasteiger partial charge < -0.3 is 10.2 Å². The number of benzene rings is 2. The molecular formula is C25H21F4N3O3. The fourth-order valence-corrected chi connectivity index (χ4v) is 4.24. The van der Waals surface area contributed by atoms with Crippen LogP contribution in [0.5, 0.6) is 0 Å². The molecule has 6 nitrogen and oxygen atoms in total. The lowest BCUT2D eigenvalue weighted by Crippen LogP contribution is -2.39. The van der Waals surface area contributed by atoms with Crippen LogP contribution in [0.3, 0.4) is 0 Å². The zero-order valence-electron chi connectivity index (χ0n) is 18.7. The summed E-state index contributed by atoms with van der Waals surface area (Å²) in [6.07, 6.45) is -3.14. The maximum Gasteiger partial charge on any atom is 0.416 e. The van der Waals surface area contributed by atoms with Gasteiger partial charge >= 0.3 is 12.1 Å². The third-order valence-corrected chi connectivity index (χ3v) is 6.43. The van der Waals surface area contributed by atoms with Crippen LogP contribution in [-0.2, 0) is 23.0 Å². The van der Waals surface area contributed by atoms with Crippen LogP contribution in [0.2, 0.25) is 0 Å². The number of carboxylic acids is 1. The molecule has 0 spiro atoms. The van der Waals surface area contributed by atoms with Gasteiger partial charge in [-0.1, -0.05) is 31.2 Å². The third-order valence-electron chi connectivity index (χ3n) is 6.43. The monoisotopic (exact) mass is 487 g/mol. The molecule has 0 aliphatic rings. The summed E-state index contributed by atoms with van der Waals surface area (Å²) in [5.41, 5.74) is -0.867. The van der Waals surface area contributed by atoms with E-state index in [1.54, 1.807) is 13.0 Å². The van der Waals surface area contributed by atoms with Crippen molar-refractivity contribution in [3.05, 3.63) is 89.1 Å². The number of aliphatic hydroxyl groups is 1. The van der Waals surface area contributed by atoms with E-state index in [4.69, 9.17) is 0 Å². The minimum absolute atomic E-state index is 0.121. The average Bonchev–Trinajstić information content (AvgIpc) is 3.21. The van der Waals surface area contributed by atoms with Crippen molar-refractivity contribution in [2.45, 2.75) is 38.0 Å². The molecule has 1 unspecified atom stereocenters. The van der Waals surface area contributed by atoms with Crippen LogP contribution in [-0.4, -0.2) is 30.8 Å². The van der Waals surface area contributed by atoms with E-state index in [9.17, 15) is 32.6 Å². The van der Waals surface area contributed by atoms with Gasteiger partial charge in [0.1, 0.15) is 11.2 Å². The summed E-state index contributed by atoms with van der Waals surface area (Å²) in [5, 5.41) is 24.6. The van der Waals surface area contributed by atoms with Gasteiger partial charge in [0.05, 0.1) is 29.1 Å². The smallest absolute Gasteiger partial charge is 0.416 e. The fraction of sp³-hybridized carbons (Fsp3) is 0.240. The summed E-state index contributed by atoms with van der Waals surface area (Å²) in [6.45, 7) is 2.59. The van der Waals surface area contributed by atoms with Crippen LogP contribution in [0.25, 0.3) is 16.8 Å². The van der Waals surface area contributed by atoms with Gasteiger partial charge in [0.15, 0.2) is 5.65 Å². The van der Waals surface area contributed by atoms with Crippen molar-refractivity contribution in [1.82, 2.24) is 14.6 Å². The molecule has 0 fully saturated rings. The molecule has 0 radical (unpaired) electrons. The van der Waals surface area contributed by atoms with Crippen molar-refractivity contribution in [2.24, 2.45) is 0 Å². The highest BCUT2D eigenvalue weighted by Crippen LogP contribution is 2.41. The quantitative estimate of drug-likeness (QED) is 0.366. The predicted octanol–water partition coefficient (Wildman–Crippen LogP) is 5.19. The van der Waals surface area contributed by atoms with Crippen molar-refractivity contribution in [3.8, 4) is 11.1 Å². The zero-order chi connectivity index (χ0) is 25.5. The Bertz CT molecular complexity index is 1400. The lowest BCUT2D eigenvalue weighted by Gasteiger charge is -2.32. The SMILES string of the molecule is CC(c1cccc(F)c1)[C@@](C)(C(=O)O)c1ccnc2c(-c3ccc(C(F)(F)F)cc3)c(CO)nn12. The van der Waals surface area contributed by atoms with Gasteiger partial charge in [0.25, 0.3) is 0 Å². The molecule has 10 heteroatoms. The molecule has 2 aromatic heterocycles. The summed E-state index contributed by atoms with van der Waals surface area (Å²) in [5.74, 6) is -2.41. The van der Waals surface area contributed by atoms with Gasteiger partial charge in [-0.05, 0) is 48.4 Å². The summed E-state index contributed by atoms with van der Waals surface area (Å²) in [6, 6.07) is 11.4. The topological polar surface area (TPSA) is 87.7 Å². The maximum absolute atomic E-state index is 13.9. The standard InChI is InChI=1S/C25H21F4N3O3/c1-14(16-4-3-5-18(26)12-16)24(2,23(34)35)20-10-11-30-22-21(19(13-33)31-32(20)22)15-6-8-17(9-7-15)25(27,28)29/h3-12,14,33H,13H2,1-2H3,(H,34,35)/t14?,24-/m1/s1. The largest absolute Gasteiger partial charge is 0.481 e. The first-order chi connectivity index (χ1) is 16.5. The van der Waals surface area contributed by atoms with Crippen molar-refractivity contribution in [2.75, 3.05) is 0 Å². The summed E-state index contributed by atoms with van der Waals surface area (Å²) in [7, 11) is 0. The van der Waals surface area contributed by atoms with Gasteiger partial charge in [0.2, 0.25) is 0 Å². The van der Waals surface area contributed by atoms with Gasteiger partial charge in [-0.25, -0.2) is 13.9 Å². The zero-order valence-corrected chi connectivity index (χ0v) is 18.7. The molecule has 4 rings (SSSR count). The van der Waals surface area contributed by atoms with Crippen LogP contribution < -0.4 is 0 Å². The van der Waals surface area contributed by atoms with E-state index in [1.807, 2.05) is 0 Å². The molecule has 0 saturated carbocycles. The second-order valence-corrected chi connectivity index (χ2v) is 8.40. The van der Waals surface area contributed by atoms with Crippen LogP contribution in [0.15, 0.2) is 60.8 Å². The number of aliphatic hydroxyl groups excluding tert-OH is 1. The van der Waals surface area contributed by atoms with E-state index in [-0.39, 0.29) is 22.6 Å². The van der Waals surface area contributed by atoms with E-state index >= 15 is 0 Å². The number of fused-ring (bicyclic) bond motifs is 1. The van der Waals surface area contributed by atoms with E-state index in [0.29, 0.717) is 11.1 Å². The van der Waals surface area contributed by atoms with E-state index in [1.165, 1.54) is 54.0 Å². The Morgan fingerprint density at radius 3 is 2.37 bits per heavy atom. The molecular weight excluding hydrogens is 466 g/mol. The molecule has 0 saturated heterocycles. The Hall–Kier alpha value is -3.79. The van der Waals surface area contributed by atoms with Gasteiger partial charge in [-0.3, -0.25) is 4.79 Å². The van der Waals surface area contributed by atoms with Crippen molar-refractivity contribution in [3.63, 3.8) is 0 Å². The lowest BCUT2D eigenvalue weighted by atomic mass is 9.72. The highest BCUT2D eigenvalue weighted by Gasteiger charge is 2.44. The molecule has 4 aromatic rings. The second-order valence-electron chi connectivity index (χ2n) is 8.40. The van der Waals surface area contributed by atoms with E-state index in [0.717, 1.165) is 12.1 Å². The van der Waals surface area contributed by atoms with Crippen LogP contribution in [0.1, 0.15) is 42.3 Å². The lowest BCUT2D eigenvalue weighted by molar-refractivity contribution is -0.144. The number of nitrogens with zero attached hydrogens (tertiary/aromatic N) is 3. The number of aliphatic carboxylic acids is 1. The summed E-state index contributed by atoms with van der Waals surface area (Å²) in [4.78, 5) is 16.9. The van der Waals surface area contributed by atoms with Gasteiger partial charge in [0, 0.05) is 12.1 Å². The number of hydrogen-bond donors (Lipinski definition) is 2. The summed E-state index contributed by atoms with van der Waals surface area (Å²) < 4.78 is 54.2.